The maximum Gasteiger partial charge on any atom is 0.177 e. The highest BCUT2D eigenvalue weighted by molar-refractivity contribution is 7.81. The van der Waals surface area contributed by atoms with Crippen molar-refractivity contribution >= 4 is 57.1 Å². The molecule has 0 radical (unpaired) electrons. The third-order valence-electron chi connectivity index (χ3n) is 5.65. The summed E-state index contributed by atoms with van der Waals surface area (Å²) in [6.07, 6.45) is 1.77. The van der Waals surface area contributed by atoms with Gasteiger partial charge in [-0.1, -0.05) is 38.2 Å². The van der Waals surface area contributed by atoms with Gasteiger partial charge in [-0.3, -0.25) is 0 Å². The molecule has 4 N–H and O–H groups in total. The maximum absolute atomic E-state index is 5.59. The lowest BCUT2D eigenvalue weighted by atomic mass is 10.2. The average Bonchev–Trinajstić information content (AvgIpc) is 3.70. The molecule has 2 aromatic heterocycles. The predicted molar refractivity (Wildman–Crippen MR) is 171 cm³/mol. The number of aromatic nitrogens is 2. The Morgan fingerprint density at radius 3 is 1.71 bits per heavy atom. The van der Waals surface area contributed by atoms with Gasteiger partial charge in [-0.2, -0.15) is 0 Å². The fourth-order valence-electron chi connectivity index (χ4n) is 3.49. The highest BCUT2D eigenvalue weighted by atomic mass is 32.1. The van der Waals surface area contributed by atoms with Gasteiger partial charge < -0.3 is 29.7 Å². The maximum atomic E-state index is 5.59. The molecule has 0 bridgehead atoms. The number of amidine groups is 1. The molecule has 0 spiro atoms. The van der Waals surface area contributed by atoms with E-state index in [1.807, 2.05) is 47.2 Å². The number of rotatable bonds is 10. The number of aliphatic imine (C=N–C) groups is 1. The summed E-state index contributed by atoms with van der Waals surface area (Å²) in [5.41, 5.74) is 5.93. The highest BCUT2D eigenvalue weighted by Gasteiger charge is 2.15. The zero-order valence-corrected chi connectivity index (χ0v) is 26.3. The third-order valence-corrected chi connectivity index (χ3v) is 7.88. The second-order valence-corrected chi connectivity index (χ2v) is 10.2. The van der Waals surface area contributed by atoms with Crippen LogP contribution in [0.4, 0.5) is 11.4 Å². The predicted octanol–water partition coefficient (Wildman–Crippen LogP) is 5.77. The fraction of sp³-hybridized carbons (Fsp3) is 0.286. The zero-order valence-electron chi connectivity index (χ0n) is 23.8. The molecule has 0 fully saturated rings. The van der Waals surface area contributed by atoms with E-state index in [1.54, 1.807) is 28.4 Å². The monoisotopic (exact) mass is 614 g/mol. The third kappa shape index (κ3) is 8.13. The van der Waals surface area contributed by atoms with Crippen molar-refractivity contribution in [1.82, 2.24) is 15.4 Å². The van der Waals surface area contributed by atoms with Gasteiger partial charge in [-0.15, -0.1) is 22.7 Å². The van der Waals surface area contributed by atoms with Crippen LogP contribution in [0.3, 0.4) is 0 Å². The van der Waals surface area contributed by atoms with Gasteiger partial charge in [0, 0.05) is 10.8 Å². The molecule has 13 heteroatoms. The highest BCUT2D eigenvalue weighted by Crippen LogP contribution is 2.37. The summed E-state index contributed by atoms with van der Waals surface area (Å²) in [4.78, 5) is 14.0. The average molecular weight is 615 g/mol. The summed E-state index contributed by atoms with van der Waals surface area (Å²) in [5.74, 6) is 8.64. The molecule has 0 amide bonds. The van der Waals surface area contributed by atoms with Gasteiger partial charge in [0.25, 0.3) is 0 Å². The van der Waals surface area contributed by atoms with Crippen LogP contribution in [-0.2, 0) is 12.8 Å². The number of thiazole rings is 2. The second-order valence-electron chi connectivity index (χ2n) is 8.10. The number of nitrogens with two attached hydrogens (primary N) is 1. The molecular weight excluding hydrogens is 581 g/mol. The van der Waals surface area contributed by atoms with E-state index in [9.17, 15) is 0 Å². The van der Waals surface area contributed by atoms with E-state index >= 15 is 0 Å². The van der Waals surface area contributed by atoms with Crippen molar-refractivity contribution in [1.29, 1.82) is 0 Å². The van der Waals surface area contributed by atoms with Crippen molar-refractivity contribution in [2.24, 2.45) is 10.8 Å². The van der Waals surface area contributed by atoms with Gasteiger partial charge >= 0.3 is 0 Å². The molecule has 0 aliphatic rings. The Bertz CT molecular complexity index is 1430. The first kappa shape index (κ1) is 31.7. The number of benzene rings is 2. The topological polar surface area (TPSA) is 125 Å². The van der Waals surface area contributed by atoms with Crippen LogP contribution in [0.25, 0.3) is 0 Å². The number of ether oxygens (including phenoxy) is 4. The summed E-state index contributed by atoms with van der Waals surface area (Å²) >= 11 is 8.42. The molecule has 4 rings (SSSR count). The van der Waals surface area contributed by atoms with Crippen molar-refractivity contribution in [2.75, 3.05) is 33.8 Å². The SMILES string of the molecule is CCc1csc(C(=Nc2c(OC)cccc2OC)NN)n1.CCc1csc(C(=S)Nc2c(OC)cccc2OC)n1. The number of aryl methyl sites for hydroxylation is 2. The molecule has 0 aliphatic heterocycles. The smallest absolute Gasteiger partial charge is 0.177 e. The molecule has 4 aromatic rings. The van der Waals surface area contributed by atoms with Crippen molar-refractivity contribution < 1.29 is 18.9 Å². The first-order valence-electron chi connectivity index (χ1n) is 12.6. The summed E-state index contributed by atoms with van der Waals surface area (Å²) in [7, 11) is 6.40. The second kappa shape index (κ2) is 15.9. The quantitative estimate of drug-likeness (QED) is 0.0666. The van der Waals surface area contributed by atoms with Crippen LogP contribution in [0.15, 0.2) is 52.2 Å². The fourth-order valence-corrected chi connectivity index (χ4v) is 5.43. The van der Waals surface area contributed by atoms with Crippen LogP contribution >= 0.6 is 34.9 Å². The minimum Gasteiger partial charge on any atom is -0.494 e. The van der Waals surface area contributed by atoms with Crippen LogP contribution in [0, 0.1) is 0 Å². The van der Waals surface area contributed by atoms with Crippen molar-refractivity contribution in [3.63, 3.8) is 0 Å². The Morgan fingerprint density at radius 1 is 0.805 bits per heavy atom. The van der Waals surface area contributed by atoms with Crippen molar-refractivity contribution in [3.8, 4) is 23.0 Å². The molecule has 0 unspecified atom stereocenters. The Hall–Kier alpha value is -3.78. The number of nitrogens with zero attached hydrogens (tertiary/aromatic N) is 3. The molecule has 10 nitrogen and oxygen atoms in total. The molecule has 0 atom stereocenters. The van der Waals surface area contributed by atoms with Gasteiger partial charge in [-0.05, 0) is 37.1 Å². The van der Waals surface area contributed by atoms with Crippen LogP contribution in [0.1, 0.15) is 35.3 Å². The lowest BCUT2D eigenvalue weighted by Gasteiger charge is -2.14. The minimum atomic E-state index is 0.475. The van der Waals surface area contributed by atoms with Crippen LogP contribution in [0.2, 0.25) is 0 Å². The van der Waals surface area contributed by atoms with Gasteiger partial charge in [0.15, 0.2) is 15.9 Å². The minimum absolute atomic E-state index is 0.475. The number of methoxy groups -OCH3 is 4. The number of hydrazine groups is 1. The van der Waals surface area contributed by atoms with Crippen LogP contribution in [0.5, 0.6) is 23.0 Å². The summed E-state index contributed by atoms with van der Waals surface area (Å²) in [6.45, 7) is 4.12. The number of hydrogen-bond donors (Lipinski definition) is 3. The molecule has 2 heterocycles. The number of anilines is 1. The number of thiocarbonyl (C=S) groups is 1. The van der Waals surface area contributed by atoms with E-state index in [0.29, 0.717) is 39.5 Å². The Balaban J connectivity index is 0.000000226. The molecule has 0 saturated heterocycles. The Labute approximate surface area is 253 Å². The normalized spacial score (nSPS) is 10.8. The van der Waals surface area contributed by atoms with Gasteiger partial charge in [0.2, 0.25) is 0 Å². The van der Waals surface area contributed by atoms with Crippen molar-refractivity contribution in [2.45, 2.75) is 26.7 Å². The van der Waals surface area contributed by atoms with E-state index in [4.69, 9.17) is 37.0 Å². The molecular formula is C28H34N6O4S3. The van der Waals surface area contributed by atoms with Crippen LogP contribution in [-0.4, -0.2) is 49.2 Å². The van der Waals surface area contributed by atoms with E-state index < -0.39 is 0 Å². The Kier molecular flexibility index (Phi) is 12.3. The van der Waals surface area contributed by atoms with Gasteiger partial charge in [-0.25, -0.2) is 20.8 Å². The van der Waals surface area contributed by atoms with Gasteiger partial charge in [0.05, 0.1) is 39.8 Å². The lowest BCUT2D eigenvalue weighted by Crippen LogP contribution is -2.30. The largest absolute Gasteiger partial charge is 0.494 e. The van der Waals surface area contributed by atoms with Crippen LogP contribution < -0.4 is 35.5 Å². The number of para-hydroxylation sites is 2. The van der Waals surface area contributed by atoms with Crippen molar-refractivity contribution in [3.05, 3.63) is 68.6 Å². The summed E-state index contributed by atoms with van der Waals surface area (Å²) < 4.78 is 21.3. The number of nitrogens with one attached hydrogen (secondary N) is 2. The molecule has 0 aliphatic carbocycles. The first-order chi connectivity index (χ1) is 19.9. The standard InChI is InChI=1S/C14H18N4O2S.C14H16N2O2S2/c1-4-9-8-21-14(16-9)13(18-15)17-12-10(19-2)6-5-7-11(12)20-3;1-4-9-8-20-14(15-9)13(19)16-12-10(17-2)6-5-7-11(12)18-3/h5-8H,4,15H2,1-3H3,(H,17,18);5-8H,4H2,1-3H3,(H,16,19). The van der Waals surface area contributed by atoms with E-state index in [0.717, 1.165) is 39.9 Å². The molecule has 0 saturated carbocycles. The molecule has 2 aromatic carbocycles. The van der Waals surface area contributed by atoms with Gasteiger partial charge in [0.1, 0.15) is 39.4 Å². The zero-order chi connectivity index (χ0) is 29.8. The van der Waals surface area contributed by atoms with E-state index in [-0.39, 0.29) is 0 Å². The first-order valence-corrected chi connectivity index (χ1v) is 14.8. The lowest BCUT2D eigenvalue weighted by molar-refractivity contribution is 0.397. The summed E-state index contributed by atoms with van der Waals surface area (Å²) in [5, 5.41) is 8.69. The van der Waals surface area contributed by atoms with E-state index in [2.05, 4.69) is 39.6 Å². The number of hydrogen-bond acceptors (Lipinski definition) is 11. The molecule has 218 valence electrons. The van der Waals surface area contributed by atoms with E-state index in [1.165, 1.54) is 22.7 Å². The summed E-state index contributed by atoms with van der Waals surface area (Å²) in [6, 6.07) is 11.0. The Morgan fingerprint density at radius 2 is 1.27 bits per heavy atom. The molecule has 41 heavy (non-hydrogen) atoms.